The first-order valence-electron chi connectivity index (χ1n) is 6.24. The van der Waals surface area contributed by atoms with Crippen molar-refractivity contribution in [2.45, 2.75) is 6.42 Å². The summed E-state index contributed by atoms with van der Waals surface area (Å²) >= 11 is 0. The Morgan fingerprint density at radius 2 is 1.72 bits per heavy atom. The van der Waals surface area contributed by atoms with Crippen LogP contribution in [-0.2, 0) is 9.59 Å². The van der Waals surface area contributed by atoms with Crippen LogP contribution in [0.15, 0.2) is 36.5 Å². The highest BCUT2D eigenvalue weighted by Gasteiger charge is 2.59. The van der Waals surface area contributed by atoms with Crippen molar-refractivity contribution in [3.63, 3.8) is 0 Å². The number of hydrogen-bond acceptors (Lipinski definition) is 3. The van der Waals surface area contributed by atoms with Gasteiger partial charge in [0.15, 0.2) is 0 Å². The SMILES string of the molecule is O=C1[C@@H]2[C@@H](C(=O)N1c1ccccn1)[C@H]1C=C[C@H]2C1. The van der Waals surface area contributed by atoms with E-state index in [4.69, 9.17) is 0 Å². The summed E-state index contributed by atoms with van der Waals surface area (Å²) in [4.78, 5) is 30.2. The van der Waals surface area contributed by atoms with E-state index in [0.717, 1.165) is 6.42 Å². The van der Waals surface area contributed by atoms with Gasteiger partial charge >= 0.3 is 0 Å². The Morgan fingerprint density at radius 1 is 1.06 bits per heavy atom. The fourth-order valence-electron chi connectivity index (χ4n) is 3.61. The standard InChI is InChI=1S/C14H12N2O2/c17-13-11-8-4-5-9(7-8)12(11)14(18)16(13)10-3-1-2-6-15-10/h1-6,8-9,11-12H,7H2/t8-,9-,11-,12-/m0/s1. The highest BCUT2D eigenvalue weighted by atomic mass is 16.2. The summed E-state index contributed by atoms with van der Waals surface area (Å²) in [5.74, 6) is 0.543. The lowest BCUT2D eigenvalue weighted by molar-refractivity contribution is -0.123. The molecule has 2 fully saturated rings. The van der Waals surface area contributed by atoms with Gasteiger partial charge in [0.25, 0.3) is 0 Å². The Bertz CT molecular complexity index is 536. The molecule has 2 bridgehead atoms. The largest absolute Gasteiger partial charge is 0.274 e. The predicted octanol–water partition coefficient (Wildman–Crippen LogP) is 1.39. The number of fused-ring (bicyclic) bond motifs is 5. The average molecular weight is 240 g/mol. The van der Waals surface area contributed by atoms with Gasteiger partial charge in [0, 0.05) is 6.20 Å². The minimum atomic E-state index is -0.144. The number of amides is 2. The molecule has 0 spiro atoms. The van der Waals surface area contributed by atoms with Crippen LogP contribution in [0, 0.1) is 23.7 Å². The number of nitrogens with zero attached hydrogens (tertiary/aromatic N) is 2. The van der Waals surface area contributed by atoms with E-state index in [0.29, 0.717) is 5.82 Å². The summed E-state index contributed by atoms with van der Waals surface area (Å²) in [5.41, 5.74) is 0. The number of imide groups is 1. The van der Waals surface area contributed by atoms with Crippen LogP contribution in [0.2, 0.25) is 0 Å². The number of carbonyl (C=O) groups is 2. The van der Waals surface area contributed by atoms with Crippen LogP contribution in [0.1, 0.15) is 6.42 Å². The van der Waals surface area contributed by atoms with Crippen LogP contribution in [0.4, 0.5) is 5.82 Å². The molecular weight excluding hydrogens is 228 g/mol. The molecule has 1 saturated heterocycles. The molecule has 0 N–H and O–H groups in total. The highest BCUT2D eigenvalue weighted by molar-refractivity contribution is 6.22. The molecule has 2 amide bonds. The molecule has 90 valence electrons. The Labute approximate surface area is 104 Å². The van der Waals surface area contributed by atoms with Gasteiger partial charge in [-0.1, -0.05) is 18.2 Å². The molecule has 4 heteroatoms. The number of allylic oxidation sites excluding steroid dienone is 2. The second-order valence-corrected chi connectivity index (χ2v) is 5.20. The molecular formula is C14H12N2O2. The Morgan fingerprint density at radius 3 is 2.28 bits per heavy atom. The van der Waals surface area contributed by atoms with E-state index < -0.39 is 0 Å². The van der Waals surface area contributed by atoms with Crippen molar-refractivity contribution in [3.05, 3.63) is 36.5 Å². The van der Waals surface area contributed by atoms with Gasteiger partial charge in [-0.05, 0) is 30.4 Å². The lowest BCUT2D eigenvalue weighted by Gasteiger charge is -2.15. The highest BCUT2D eigenvalue weighted by Crippen LogP contribution is 2.52. The van der Waals surface area contributed by atoms with E-state index in [-0.39, 0.29) is 35.5 Å². The van der Waals surface area contributed by atoms with Crippen LogP contribution in [0.25, 0.3) is 0 Å². The maximum atomic E-state index is 12.4. The van der Waals surface area contributed by atoms with Gasteiger partial charge in [-0.15, -0.1) is 0 Å². The second kappa shape index (κ2) is 3.28. The van der Waals surface area contributed by atoms with Crippen LogP contribution < -0.4 is 4.90 Å². The van der Waals surface area contributed by atoms with E-state index >= 15 is 0 Å². The van der Waals surface area contributed by atoms with Crippen molar-refractivity contribution < 1.29 is 9.59 Å². The third kappa shape index (κ3) is 1.08. The van der Waals surface area contributed by atoms with Gasteiger partial charge in [0.2, 0.25) is 11.8 Å². The number of carbonyl (C=O) groups excluding carboxylic acids is 2. The number of rotatable bonds is 1. The molecule has 1 saturated carbocycles. The van der Waals surface area contributed by atoms with Gasteiger partial charge < -0.3 is 0 Å². The molecule has 4 rings (SSSR count). The van der Waals surface area contributed by atoms with E-state index in [9.17, 15) is 9.59 Å². The Hall–Kier alpha value is -1.97. The molecule has 4 atom stereocenters. The Balaban J connectivity index is 1.77. The first-order valence-corrected chi connectivity index (χ1v) is 6.24. The summed E-state index contributed by atoms with van der Waals surface area (Å²) in [5, 5.41) is 0. The van der Waals surface area contributed by atoms with Crippen molar-refractivity contribution in [2.75, 3.05) is 4.90 Å². The van der Waals surface area contributed by atoms with Gasteiger partial charge in [-0.25, -0.2) is 9.88 Å². The van der Waals surface area contributed by atoms with Crippen LogP contribution in [0.5, 0.6) is 0 Å². The maximum Gasteiger partial charge on any atom is 0.239 e. The number of hydrogen-bond donors (Lipinski definition) is 0. The quantitative estimate of drug-likeness (QED) is 0.550. The van der Waals surface area contributed by atoms with E-state index in [1.807, 2.05) is 0 Å². The van der Waals surface area contributed by atoms with E-state index in [1.54, 1.807) is 24.4 Å². The van der Waals surface area contributed by atoms with Crippen molar-refractivity contribution in [1.82, 2.24) is 4.98 Å². The first-order chi connectivity index (χ1) is 8.77. The molecule has 4 nitrogen and oxygen atoms in total. The zero-order valence-electron chi connectivity index (χ0n) is 9.69. The topological polar surface area (TPSA) is 50.3 Å². The zero-order valence-corrected chi connectivity index (χ0v) is 9.69. The third-order valence-electron chi connectivity index (χ3n) is 4.35. The summed E-state index contributed by atoms with van der Waals surface area (Å²) < 4.78 is 0. The predicted molar refractivity (Wildman–Crippen MR) is 64.4 cm³/mol. The van der Waals surface area contributed by atoms with Crippen LogP contribution >= 0.6 is 0 Å². The molecule has 1 aromatic rings. The second-order valence-electron chi connectivity index (χ2n) is 5.20. The molecule has 18 heavy (non-hydrogen) atoms. The van der Waals surface area contributed by atoms with Crippen LogP contribution in [0.3, 0.4) is 0 Å². The van der Waals surface area contributed by atoms with Gasteiger partial charge in [0.05, 0.1) is 11.8 Å². The van der Waals surface area contributed by atoms with Gasteiger partial charge in [0.1, 0.15) is 5.82 Å². The monoisotopic (exact) mass is 240 g/mol. The Kier molecular flexibility index (Phi) is 1.82. The van der Waals surface area contributed by atoms with Crippen molar-refractivity contribution in [1.29, 1.82) is 0 Å². The fraction of sp³-hybridized carbons (Fsp3) is 0.357. The zero-order chi connectivity index (χ0) is 12.3. The maximum absolute atomic E-state index is 12.4. The molecule has 0 aromatic carbocycles. The van der Waals surface area contributed by atoms with E-state index in [1.165, 1.54) is 4.90 Å². The molecule has 2 heterocycles. The van der Waals surface area contributed by atoms with Gasteiger partial charge in [-0.3, -0.25) is 9.59 Å². The summed E-state index contributed by atoms with van der Waals surface area (Å²) in [6.45, 7) is 0. The average Bonchev–Trinajstić information content (AvgIpc) is 3.05. The van der Waals surface area contributed by atoms with Gasteiger partial charge in [-0.2, -0.15) is 0 Å². The van der Waals surface area contributed by atoms with Crippen LogP contribution in [-0.4, -0.2) is 16.8 Å². The fourth-order valence-corrected chi connectivity index (χ4v) is 3.61. The number of pyridine rings is 1. The molecule has 1 aliphatic heterocycles. The minimum Gasteiger partial charge on any atom is -0.274 e. The first kappa shape index (κ1) is 10.00. The lowest BCUT2D eigenvalue weighted by atomic mass is 9.85. The normalized spacial score (nSPS) is 36.6. The van der Waals surface area contributed by atoms with Crippen molar-refractivity contribution in [2.24, 2.45) is 23.7 Å². The lowest BCUT2D eigenvalue weighted by Crippen LogP contribution is -2.33. The minimum absolute atomic E-state index is 0.0689. The third-order valence-corrected chi connectivity index (χ3v) is 4.35. The molecule has 1 aromatic heterocycles. The molecule has 0 unspecified atom stereocenters. The molecule has 0 radical (unpaired) electrons. The van der Waals surface area contributed by atoms with Crippen molar-refractivity contribution in [3.8, 4) is 0 Å². The molecule has 2 aliphatic carbocycles. The number of aromatic nitrogens is 1. The number of anilines is 1. The molecule has 3 aliphatic rings. The summed E-state index contributed by atoms with van der Waals surface area (Å²) in [7, 11) is 0. The summed E-state index contributed by atoms with van der Waals surface area (Å²) in [6.07, 6.45) is 6.76. The van der Waals surface area contributed by atoms with E-state index in [2.05, 4.69) is 17.1 Å². The van der Waals surface area contributed by atoms with Crippen molar-refractivity contribution >= 4 is 17.6 Å². The smallest absolute Gasteiger partial charge is 0.239 e. The summed E-state index contributed by atoms with van der Waals surface area (Å²) in [6, 6.07) is 5.29.